The topological polar surface area (TPSA) is 50.9 Å². The zero-order valence-corrected chi connectivity index (χ0v) is 18.7. The van der Waals surface area contributed by atoms with Gasteiger partial charge in [-0.15, -0.1) is 11.3 Å². The van der Waals surface area contributed by atoms with Crippen LogP contribution in [0.5, 0.6) is 0 Å². The number of hydrogen-bond donors (Lipinski definition) is 3. The predicted octanol–water partition coefficient (Wildman–Crippen LogP) is 1.51. The number of aromatic nitrogens is 1. The number of carbonyl (C=O) groups excluding carboxylic acids is 1. The number of piperazine rings is 1. The third-order valence-corrected chi connectivity index (χ3v) is 7.32. The highest BCUT2D eigenvalue weighted by molar-refractivity contribution is 7.16. The SMILES string of the molecule is Cc1sc(NC(=O)c2ccccc2)c([C@H](c2ccncc2)[NH+]2CC[NH+](C)CC2)c1C. The van der Waals surface area contributed by atoms with E-state index in [0.29, 0.717) is 5.56 Å². The van der Waals surface area contributed by atoms with Crippen LogP contribution >= 0.6 is 11.3 Å². The first-order valence-electron chi connectivity index (χ1n) is 10.6. The Balaban J connectivity index is 1.74. The molecule has 1 saturated heterocycles. The summed E-state index contributed by atoms with van der Waals surface area (Å²) in [4.78, 5) is 21.6. The molecule has 0 saturated carbocycles. The summed E-state index contributed by atoms with van der Waals surface area (Å²) < 4.78 is 0. The van der Waals surface area contributed by atoms with Crippen molar-refractivity contribution in [2.75, 3.05) is 38.5 Å². The van der Waals surface area contributed by atoms with Crippen molar-refractivity contribution in [3.8, 4) is 0 Å². The Bertz CT molecular complexity index is 995. The zero-order valence-electron chi connectivity index (χ0n) is 17.9. The molecule has 0 spiro atoms. The molecule has 0 aliphatic carbocycles. The monoisotopic (exact) mass is 422 g/mol. The van der Waals surface area contributed by atoms with E-state index in [9.17, 15) is 4.79 Å². The second kappa shape index (κ2) is 9.08. The van der Waals surface area contributed by atoms with E-state index in [1.165, 1.54) is 21.6 Å². The molecule has 1 aliphatic rings. The summed E-state index contributed by atoms with van der Waals surface area (Å²) in [6.07, 6.45) is 3.75. The van der Waals surface area contributed by atoms with Gasteiger partial charge in [-0.1, -0.05) is 18.2 Å². The van der Waals surface area contributed by atoms with Gasteiger partial charge in [0.05, 0.1) is 12.6 Å². The lowest BCUT2D eigenvalue weighted by Crippen LogP contribution is -3.27. The van der Waals surface area contributed by atoms with Crippen LogP contribution in [0.15, 0.2) is 54.9 Å². The van der Waals surface area contributed by atoms with Crippen molar-refractivity contribution >= 4 is 22.2 Å². The fraction of sp³-hybridized carbons (Fsp3) is 0.333. The average molecular weight is 423 g/mol. The Hall–Kier alpha value is -2.54. The molecule has 3 heterocycles. The zero-order chi connectivity index (χ0) is 21.1. The maximum Gasteiger partial charge on any atom is 0.256 e. The van der Waals surface area contributed by atoms with E-state index in [-0.39, 0.29) is 11.9 Å². The van der Waals surface area contributed by atoms with Crippen LogP contribution in [0.3, 0.4) is 0 Å². The van der Waals surface area contributed by atoms with Crippen LogP contribution < -0.4 is 15.1 Å². The highest BCUT2D eigenvalue weighted by atomic mass is 32.1. The van der Waals surface area contributed by atoms with Crippen molar-refractivity contribution < 1.29 is 14.6 Å². The molecule has 1 aliphatic heterocycles. The number of pyridine rings is 1. The molecule has 0 radical (unpaired) electrons. The molecule has 2 aromatic heterocycles. The Kier molecular flexibility index (Phi) is 6.27. The van der Waals surface area contributed by atoms with Crippen LogP contribution in [-0.2, 0) is 0 Å². The molecule has 30 heavy (non-hydrogen) atoms. The number of thiophene rings is 1. The minimum Gasteiger partial charge on any atom is -0.328 e. The fourth-order valence-electron chi connectivity index (χ4n) is 4.30. The maximum atomic E-state index is 12.9. The number of carbonyl (C=O) groups is 1. The molecule has 6 heteroatoms. The van der Waals surface area contributed by atoms with Crippen molar-refractivity contribution in [3.05, 3.63) is 82.0 Å². The summed E-state index contributed by atoms with van der Waals surface area (Å²) in [6.45, 7) is 8.87. The minimum absolute atomic E-state index is 0.0515. The number of amides is 1. The second-order valence-corrected chi connectivity index (χ2v) is 9.40. The third-order valence-electron chi connectivity index (χ3n) is 6.18. The number of nitrogens with zero attached hydrogens (tertiary/aromatic N) is 1. The molecule has 4 rings (SSSR count). The number of aryl methyl sites for hydroxylation is 1. The minimum atomic E-state index is -0.0515. The van der Waals surface area contributed by atoms with E-state index in [4.69, 9.17) is 0 Å². The van der Waals surface area contributed by atoms with Crippen molar-refractivity contribution in [2.24, 2.45) is 0 Å². The van der Waals surface area contributed by atoms with E-state index < -0.39 is 0 Å². The average Bonchev–Trinajstić information content (AvgIpc) is 3.04. The first kappa shape index (κ1) is 20.7. The van der Waals surface area contributed by atoms with E-state index in [1.54, 1.807) is 21.1 Å². The van der Waals surface area contributed by atoms with Gasteiger partial charge in [-0.05, 0) is 43.7 Å². The number of nitrogens with one attached hydrogen (secondary N) is 3. The number of quaternary nitrogens is 2. The van der Waals surface area contributed by atoms with Gasteiger partial charge < -0.3 is 15.1 Å². The smallest absolute Gasteiger partial charge is 0.256 e. The van der Waals surface area contributed by atoms with Gasteiger partial charge in [-0.25, -0.2) is 0 Å². The number of hydrogen-bond acceptors (Lipinski definition) is 3. The summed E-state index contributed by atoms with van der Waals surface area (Å²) in [6, 6.07) is 13.9. The summed E-state index contributed by atoms with van der Waals surface area (Å²) in [5.74, 6) is -0.0515. The van der Waals surface area contributed by atoms with Gasteiger partial charge in [0.2, 0.25) is 0 Å². The molecule has 3 N–H and O–H groups in total. The largest absolute Gasteiger partial charge is 0.328 e. The quantitative estimate of drug-likeness (QED) is 0.584. The molecule has 3 aromatic rings. The molecule has 0 unspecified atom stereocenters. The van der Waals surface area contributed by atoms with E-state index >= 15 is 0 Å². The van der Waals surface area contributed by atoms with Gasteiger partial charge in [0.1, 0.15) is 37.2 Å². The molecule has 1 amide bonds. The van der Waals surface area contributed by atoms with Crippen LogP contribution in [0.2, 0.25) is 0 Å². The number of rotatable bonds is 5. The van der Waals surface area contributed by atoms with Crippen LogP contribution in [0.25, 0.3) is 0 Å². The lowest BCUT2D eigenvalue weighted by atomic mass is 9.95. The lowest BCUT2D eigenvalue weighted by Gasteiger charge is -2.34. The first-order valence-corrected chi connectivity index (χ1v) is 11.4. The first-order chi connectivity index (χ1) is 14.5. The van der Waals surface area contributed by atoms with E-state index in [0.717, 1.165) is 31.2 Å². The van der Waals surface area contributed by atoms with Gasteiger partial charge in [-0.2, -0.15) is 0 Å². The molecule has 5 nitrogen and oxygen atoms in total. The normalized spacial score (nSPS) is 20.0. The molecule has 1 fully saturated rings. The number of anilines is 1. The van der Waals surface area contributed by atoms with Crippen LogP contribution in [-0.4, -0.2) is 44.1 Å². The molecular formula is C24H30N4OS+2. The molecule has 0 bridgehead atoms. The van der Waals surface area contributed by atoms with Crippen LogP contribution in [0.1, 0.15) is 38.0 Å². The molecular weight excluding hydrogens is 392 g/mol. The summed E-state index contributed by atoms with van der Waals surface area (Å²) in [5.41, 5.74) is 4.48. The van der Waals surface area contributed by atoms with Gasteiger partial charge in [0, 0.05) is 28.4 Å². The predicted molar refractivity (Wildman–Crippen MR) is 122 cm³/mol. The third kappa shape index (κ3) is 4.31. The van der Waals surface area contributed by atoms with Crippen molar-refractivity contribution in [3.63, 3.8) is 0 Å². The Morgan fingerprint density at radius 3 is 2.37 bits per heavy atom. The molecule has 1 aromatic carbocycles. The Morgan fingerprint density at radius 2 is 1.70 bits per heavy atom. The number of likely N-dealkylation sites (N-methyl/N-ethyl adjacent to an activating group) is 1. The van der Waals surface area contributed by atoms with E-state index in [1.807, 2.05) is 42.7 Å². The number of benzene rings is 1. The molecule has 1 atom stereocenters. The highest BCUT2D eigenvalue weighted by Crippen LogP contribution is 2.38. The van der Waals surface area contributed by atoms with Gasteiger partial charge >= 0.3 is 0 Å². The van der Waals surface area contributed by atoms with Crippen LogP contribution in [0.4, 0.5) is 5.00 Å². The second-order valence-electron chi connectivity index (χ2n) is 8.18. The fourth-order valence-corrected chi connectivity index (χ4v) is 5.39. The van der Waals surface area contributed by atoms with Crippen LogP contribution in [0, 0.1) is 13.8 Å². The Labute approximate surface area is 182 Å². The van der Waals surface area contributed by atoms with Gasteiger partial charge in [0.15, 0.2) is 0 Å². The van der Waals surface area contributed by atoms with Crippen molar-refractivity contribution in [1.82, 2.24) is 4.98 Å². The van der Waals surface area contributed by atoms with E-state index in [2.05, 4.69) is 43.3 Å². The summed E-state index contributed by atoms with van der Waals surface area (Å²) in [5, 5.41) is 4.20. The van der Waals surface area contributed by atoms with Crippen molar-refractivity contribution in [1.29, 1.82) is 0 Å². The van der Waals surface area contributed by atoms with Crippen molar-refractivity contribution in [2.45, 2.75) is 19.9 Å². The standard InChI is InChI=1S/C24H28N4OS/c1-17-18(2)30-24(26-23(29)20-7-5-4-6-8-20)21(17)22(19-9-11-25-12-10-19)28-15-13-27(3)14-16-28/h4-12,22H,13-16H2,1-3H3,(H,26,29)/p+2/t22-/m0/s1. The summed E-state index contributed by atoms with van der Waals surface area (Å²) >= 11 is 1.69. The summed E-state index contributed by atoms with van der Waals surface area (Å²) in [7, 11) is 2.27. The molecule has 156 valence electrons. The lowest BCUT2D eigenvalue weighted by molar-refractivity contribution is -1.02. The Morgan fingerprint density at radius 1 is 1.03 bits per heavy atom. The van der Waals surface area contributed by atoms with Gasteiger partial charge in [0.25, 0.3) is 5.91 Å². The van der Waals surface area contributed by atoms with Gasteiger partial charge in [-0.3, -0.25) is 9.78 Å². The maximum absolute atomic E-state index is 12.9. The highest BCUT2D eigenvalue weighted by Gasteiger charge is 2.35.